The van der Waals surface area contributed by atoms with Gasteiger partial charge in [0.25, 0.3) is 0 Å². The van der Waals surface area contributed by atoms with Gasteiger partial charge < -0.3 is 14.5 Å². The van der Waals surface area contributed by atoms with Crippen LogP contribution in [0.25, 0.3) is 0 Å². The Labute approximate surface area is 168 Å². The molecule has 1 aromatic rings. The highest BCUT2D eigenvalue weighted by atomic mass is 35.5. The third-order valence-corrected chi connectivity index (χ3v) is 5.51. The number of halogens is 3. The van der Waals surface area contributed by atoms with Crippen molar-refractivity contribution < 1.29 is 18.7 Å². The topological polar surface area (TPSA) is 49.9 Å². The summed E-state index contributed by atoms with van der Waals surface area (Å²) >= 11 is 12.1. The first-order chi connectivity index (χ1) is 12.5. The zero-order chi connectivity index (χ0) is 20.0. The van der Waals surface area contributed by atoms with Gasteiger partial charge in [-0.2, -0.15) is 0 Å². The zero-order valence-electron chi connectivity index (χ0n) is 15.5. The van der Waals surface area contributed by atoms with Gasteiger partial charge in [0.1, 0.15) is 15.8 Å². The molecule has 0 aromatic heterocycles. The zero-order valence-corrected chi connectivity index (χ0v) is 17.1. The summed E-state index contributed by atoms with van der Waals surface area (Å²) in [4.78, 5) is 28.5. The maximum atomic E-state index is 13.8. The lowest BCUT2D eigenvalue weighted by Crippen LogP contribution is -2.53. The largest absolute Gasteiger partial charge is 0.444 e. The standard InChI is InChI=1S/C19H23Cl2FN2O3/c1-18(2,3)27-17(26)23-7-8-24(16(25)14-10-19(14,20)21)15(11-23)12-5-4-6-13(22)9-12/h4-6,9,14-15H,7-8,10-11H2,1-3H3/t14-,15-/m0/s1. The molecule has 1 aliphatic heterocycles. The average molecular weight is 417 g/mol. The van der Waals surface area contributed by atoms with E-state index in [1.54, 1.807) is 42.7 Å². The van der Waals surface area contributed by atoms with Crippen LogP contribution in [0.3, 0.4) is 0 Å². The predicted octanol–water partition coefficient (Wildman–Crippen LogP) is 4.14. The molecule has 2 fully saturated rings. The van der Waals surface area contributed by atoms with E-state index in [9.17, 15) is 14.0 Å². The lowest BCUT2D eigenvalue weighted by Gasteiger charge is -2.42. The number of hydrogen-bond acceptors (Lipinski definition) is 3. The van der Waals surface area contributed by atoms with Crippen molar-refractivity contribution in [2.24, 2.45) is 5.92 Å². The molecule has 1 aliphatic carbocycles. The summed E-state index contributed by atoms with van der Waals surface area (Å²) in [7, 11) is 0. The van der Waals surface area contributed by atoms with Crippen molar-refractivity contribution in [3.8, 4) is 0 Å². The molecule has 1 saturated heterocycles. The van der Waals surface area contributed by atoms with E-state index in [-0.39, 0.29) is 12.5 Å². The van der Waals surface area contributed by atoms with Crippen LogP contribution in [0.5, 0.6) is 0 Å². The van der Waals surface area contributed by atoms with E-state index in [4.69, 9.17) is 27.9 Å². The van der Waals surface area contributed by atoms with Gasteiger partial charge in [0.2, 0.25) is 5.91 Å². The first-order valence-corrected chi connectivity index (χ1v) is 9.65. The van der Waals surface area contributed by atoms with Crippen molar-refractivity contribution in [1.82, 2.24) is 9.80 Å². The number of nitrogens with zero attached hydrogens (tertiary/aromatic N) is 2. The van der Waals surface area contributed by atoms with Crippen molar-refractivity contribution in [3.63, 3.8) is 0 Å². The molecule has 5 nitrogen and oxygen atoms in total. The Bertz CT molecular complexity index is 751. The molecular weight excluding hydrogens is 394 g/mol. The maximum absolute atomic E-state index is 13.8. The van der Waals surface area contributed by atoms with E-state index in [0.717, 1.165) is 0 Å². The summed E-state index contributed by atoms with van der Waals surface area (Å²) < 4.78 is 18.2. The minimum Gasteiger partial charge on any atom is -0.444 e. The van der Waals surface area contributed by atoms with Crippen molar-refractivity contribution in [2.45, 2.75) is 43.2 Å². The van der Waals surface area contributed by atoms with Crippen LogP contribution in [-0.4, -0.2) is 51.4 Å². The molecule has 2 atom stereocenters. The Balaban J connectivity index is 1.83. The second-order valence-corrected chi connectivity index (χ2v) is 9.59. The van der Waals surface area contributed by atoms with Gasteiger partial charge in [-0.05, 0) is 44.9 Å². The molecule has 2 aliphatic rings. The number of ether oxygens (including phenoxy) is 1. The van der Waals surface area contributed by atoms with Gasteiger partial charge in [-0.1, -0.05) is 12.1 Å². The van der Waals surface area contributed by atoms with E-state index in [1.165, 1.54) is 12.1 Å². The molecule has 8 heteroatoms. The van der Waals surface area contributed by atoms with Crippen LogP contribution in [-0.2, 0) is 9.53 Å². The molecule has 2 amide bonds. The fraction of sp³-hybridized carbons (Fsp3) is 0.579. The Kier molecular flexibility index (Phi) is 5.34. The highest BCUT2D eigenvalue weighted by Gasteiger charge is 2.58. The first-order valence-electron chi connectivity index (χ1n) is 8.89. The highest BCUT2D eigenvalue weighted by molar-refractivity contribution is 6.52. The Morgan fingerprint density at radius 1 is 1.26 bits per heavy atom. The summed E-state index contributed by atoms with van der Waals surface area (Å²) in [5.41, 5.74) is -0.00418. The van der Waals surface area contributed by atoms with Gasteiger partial charge >= 0.3 is 6.09 Å². The maximum Gasteiger partial charge on any atom is 0.410 e. The number of benzene rings is 1. The average Bonchev–Trinajstić information content (AvgIpc) is 3.20. The minimum atomic E-state index is -1.04. The number of carbonyl (C=O) groups excluding carboxylic acids is 2. The molecule has 148 valence electrons. The van der Waals surface area contributed by atoms with E-state index >= 15 is 0 Å². The summed E-state index contributed by atoms with van der Waals surface area (Å²) in [6.45, 7) is 6.23. The fourth-order valence-electron chi connectivity index (χ4n) is 3.22. The number of hydrogen-bond donors (Lipinski definition) is 0. The van der Waals surface area contributed by atoms with Crippen molar-refractivity contribution in [3.05, 3.63) is 35.6 Å². The fourth-order valence-corrected chi connectivity index (χ4v) is 3.71. The second kappa shape index (κ2) is 7.13. The molecular formula is C19H23Cl2FN2O3. The third kappa shape index (κ3) is 4.66. The van der Waals surface area contributed by atoms with Crippen LogP contribution in [0.4, 0.5) is 9.18 Å². The normalized spacial score (nSPS) is 24.5. The molecule has 27 heavy (non-hydrogen) atoms. The van der Waals surface area contributed by atoms with Crippen molar-refractivity contribution >= 4 is 35.2 Å². The smallest absolute Gasteiger partial charge is 0.410 e. The van der Waals surface area contributed by atoms with Crippen LogP contribution >= 0.6 is 23.2 Å². The number of alkyl halides is 2. The highest BCUT2D eigenvalue weighted by Crippen LogP contribution is 2.54. The Morgan fingerprint density at radius 3 is 2.48 bits per heavy atom. The van der Waals surface area contributed by atoms with Crippen LogP contribution < -0.4 is 0 Å². The van der Waals surface area contributed by atoms with Gasteiger partial charge in [-0.15, -0.1) is 23.2 Å². The molecule has 0 spiro atoms. The van der Waals surface area contributed by atoms with Crippen LogP contribution in [0.2, 0.25) is 0 Å². The van der Waals surface area contributed by atoms with Crippen LogP contribution in [0, 0.1) is 11.7 Å². The molecule has 0 bridgehead atoms. The third-order valence-electron chi connectivity index (χ3n) is 4.67. The number of carbonyl (C=O) groups is 2. The van der Waals surface area contributed by atoms with E-state index < -0.39 is 33.8 Å². The van der Waals surface area contributed by atoms with Crippen molar-refractivity contribution in [1.29, 1.82) is 0 Å². The quantitative estimate of drug-likeness (QED) is 0.680. The van der Waals surface area contributed by atoms with E-state index in [2.05, 4.69) is 0 Å². The molecule has 0 unspecified atom stereocenters. The second-order valence-electron chi connectivity index (χ2n) is 8.05. The molecule has 3 rings (SSSR count). The summed E-state index contributed by atoms with van der Waals surface area (Å²) in [5, 5.41) is 0. The molecule has 0 radical (unpaired) electrons. The van der Waals surface area contributed by atoms with Crippen LogP contribution in [0.15, 0.2) is 24.3 Å². The van der Waals surface area contributed by atoms with Gasteiger partial charge in [0, 0.05) is 19.6 Å². The lowest BCUT2D eigenvalue weighted by atomic mass is 10.0. The Hall–Kier alpha value is -1.53. The number of piperazine rings is 1. The molecule has 1 saturated carbocycles. The van der Waals surface area contributed by atoms with Crippen molar-refractivity contribution in [2.75, 3.05) is 19.6 Å². The number of amides is 2. The molecule has 1 heterocycles. The van der Waals surface area contributed by atoms with E-state index in [0.29, 0.717) is 25.1 Å². The monoisotopic (exact) mass is 416 g/mol. The van der Waals surface area contributed by atoms with E-state index in [1.807, 2.05) is 0 Å². The summed E-state index contributed by atoms with van der Waals surface area (Å²) in [6, 6.07) is 5.57. The SMILES string of the molecule is CC(C)(C)OC(=O)N1CCN(C(=O)[C@@H]2CC2(Cl)Cl)[C@H](c2cccc(F)c2)C1. The minimum absolute atomic E-state index is 0.168. The predicted molar refractivity (Wildman–Crippen MR) is 101 cm³/mol. The first kappa shape index (κ1) is 20.2. The molecule has 0 N–H and O–H groups in total. The lowest BCUT2D eigenvalue weighted by molar-refractivity contribution is -0.137. The van der Waals surface area contributed by atoms with Gasteiger partial charge in [-0.3, -0.25) is 4.79 Å². The summed E-state index contributed by atoms with van der Waals surface area (Å²) in [6.07, 6.45) is -0.0525. The van der Waals surface area contributed by atoms with Crippen LogP contribution in [0.1, 0.15) is 38.8 Å². The van der Waals surface area contributed by atoms with Gasteiger partial charge in [-0.25, -0.2) is 9.18 Å². The number of rotatable bonds is 2. The summed E-state index contributed by atoms with van der Waals surface area (Å²) in [5.74, 6) is -1.03. The van der Waals surface area contributed by atoms with Gasteiger partial charge in [0.15, 0.2) is 0 Å². The molecule has 1 aromatic carbocycles. The Morgan fingerprint density at radius 2 is 1.93 bits per heavy atom. The van der Waals surface area contributed by atoms with Gasteiger partial charge in [0.05, 0.1) is 12.0 Å².